The summed E-state index contributed by atoms with van der Waals surface area (Å²) in [5.74, 6) is 0.808. The molecule has 2 atom stereocenters. The van der Waals surface area contributed by atoms with Crippen LogP contribution in [-0.4, -0.2) is 23.4 Å². The van der Waals surface area contributed by atoms with Crippen LogP contribution in [0.3, 0.4) is 0 Å². The quantitative estimate of drug-likeness (QED) is 0.420. The van der Waals surface area contributed by atoms with Crippen LogP contribution in [0.25, 0.3) is 0 Å². The second-order valence-corrected chi connectivity index (χ2v) is 7.42. The molecule has 144 valence electrons. The van der Waals surface area contributed by atoms with Crippen molar-refractivity contribution < 1.29 is 19.1 Å². The Morgan fingerprint density at radius 1 is 0.741 bits per heavy atom. The SMILES string of the molecule is CC(OC(=O)CCSCCC(=O)OC(C)c1ccccc1)c1ccccc1. The summed E-state index contributed by atoms with van der Waals surface area (Å²) in [7, 11) is 0. The number of carbonyl (C=O) groups is 2. The molecule has 2 unspecified atom stereocenters. The summed E-state index contributed by atoms with van der Waals surface area (Å²) in [4.78, 5) is 23.8. The lowest BCUT2D eigenvalue weighted by Gasteiger charge is -2.14. The highest BCUT2D eigenvalue weighted by Gasteiger charge is 2.13. The molecule has 2 aromatic rings. The molecule has 0 aliphatic rings. The van der Waals surface area contributed by atoms with Crippen LogP contribution in [0, 0.1) is 0 Å². The summed E-state index contributed by atoms with van der Waals surface area (Å²) < 4.78 is 10.8. The molecule has 5 heteroatoms. The average Bonchev–Trinajstić information content (AvgIpc) is 2.69. The van der Waals surface area contributed by atoms with Crippen LogP contribution >= 0.6 is 11.8 Å². The summed E-state index contributed by atoms with van der Waals surface area (Å²) in [5, 5.41) is 0. The van der Waals surface area contributed by atoms with Crippen LogP contribution < -0.4 is 0 Å². The minimum Gasteiger partial charge on any atom is -0.458 e. The van der Waals surface area contributed by atoms with E-state index in [2.05, 4.69) is 0 Å². The molecule has 0 fully saturated rings. The van der Waals surface area contributed by atoms with E-state index in [0.29, 0.717) is 24.3 Å². The van der Waals surface area contributed by atoms with Crippen LogP contribution in [0.1, 0.15) is 50.0 Å². The summed E-state index contributed by atoms with van der Waals surface area (Å²) in [6.07, 6.45) is 0.158. The highest BCUT2D eigenvalue weighted by atomic mass is 32.2. The maximum absolute atomic E-state index is 11.9. The van der Waals surface area contributed by atoms with Crippen molar-refractivity contribution in [2.75, 3.05) is 11.5 Å². The van der Waals surface area contributed by atoms with E-state index in [1.54, 1.807) is 11.8 Å². The Labute approximate surface area is 165 Å². The molecule has 0 N–H and O–H groups in total. The molecule has 0 saturated heterocycles. The van der Waals surface area contributed by atoms with Gasteiger partial charge in [-0.15, -0.1) is 0 Å². The molecule has 0 aromatic heterocycles. The summed E-state index contributed by atoms with van der Waals surface area (Å²) in [6, 6.07) is 19.3. The van der Waals surface area contributed by atoms with Crippen molar-refractivity contribution in [1.82, 2.24) is 0 Å². The van der Waals surface area contributed by atoms with Crippen LogP contribution in [0.15, 0.2) is 60.7 Å². The number of carbonyl (C=O) groups excluding carboxylic acids is 2. The van der Waals surface area contributed by atoms with Crippen molar-refractivity contribution in [3.63, 3.8) is 0 Å². The Balaban J connectivity index is 1.57. The predicted molar refractivity (Wildman–Crippen MR) is 108 cm³/mol. The highest BCUT2D eigenvalue weighted by Crippen LogP contribution is 2.19. The second kappa shape index (κ2) is 11.4. The lowest BCUT2D eigenvalue weighted by Crippen LogP contribution is -2.11. The first-order valence-corrected chi connectivity index (χ1v) is 10.3. The van der Waals surface area contributed by atoms with Gasteiger partial charge in [0.05, 0.1) is 12.8 Å². The number of hydrogen-bond acceptors (Lipinski definition) is 5. The van der Waals surface area contributed by atoms with E-state index in [0.717, 1.165) is 11.1 Å². The molecule has 0 aliphatic carbocycles. The van der Waals surface area contributed by atoms with Gasteiger partial charge in [-0.1, -0.05) is 60.7 Å². The molecule has 27 heavy (non-hydrogen) atoms. The molecule has 0 heterocycles. The fourth-order valence-corrected chi connectivity index (χ4v) is 3.34. The number of rotatable bonds is 10. The van der Waals surface area contributed by atoms with Gasteiger partial charge in [-0.2, -0.15) is 11.8 Å². The van der Waals surface area contributed by atoms with Gasteiger partial charge in [-0.3, -0.25) is 9.59 Å². The van der Waals surface area contributed by atoms with Crippen molar-refractivity contribution in [3.8, 4) is 0 Å². The Bertz CT molecular complexity index is 641. The smallest absolute Gasteiger partial charge is 0.307 e. The Morgan fingerprint density at radius 3 is 1.48 bits per heavy atom. The summed E-state index contributed by atoms with van der Waals surface area (Å²) >= 11 is 1.55. The van der Waals surface area contributed by atoms with Gasteiger partial charge >= 0.3 is 11.9 Å². The molecule has 0 radical (unpaired) electrons. The predicted octanol–water partition coefficient (Wildman–Crippen LogP) is 5.11. The fraction of sp³-hybridized carbons (Fsp3) is 0.364. The molecular formula is C22H26O4S. The van der Waals surface area contributed by atoms with Gasteiger partial charge < -0.3 is 9.47 Å². The summed E-state index contributed by atoms with van der Waals surface area (Å²) in [6.45, 7) is 3.73. The minimum atomic E-state index is -0.252. The summed E-state index contributed by atoms with van der Waals surface area (Å²) in [5.41, 5.74) is 1.96. The first-order chi connectivity index (χ1) is 13.1. The Morgan fingerprint density at radius 2 is 1.11 bits per heavy atom. The van der Waals surface area contributed by atoms with E-state index in [9.17, 15) is 9.59 Å². The molecule has 4 nitrogen and oxygen atoms in total. The van der Waals surface area contributed by atoms with Crippen LogP contribution in [-0.2, 0) is 19.1 Å². The second-order valence-electron chi connectivity index (χ2n) is 6.20. The highest BCUT2D eigenvalue weighted by molar-refractivity contribution is 7.99. The molecule has 2 aromatic carbocycles. The molecule has 0 saturated carbocycles. The average molecular weight is 387 g/mol. The van der Waals surface area contributed by atoms with E-state index in [1.165, 1.54) is 0 Å². The van der Waals surface area contributed by atoms with E-state index >= 15 is 0 Å². The monoisotopic (exact) mass is 386 g/mol. The third-order valence-electron chi connectivity index (χ3n) is 4.06. The normalized spacial score (nSPS) is 12.8. The van der Waals surface area contributed by atoms with Gasteiger partial charge in [0.15, 0.2) is 0 Å². The van der Waals surface area contributed by atoms with Gasteiger partial charge in [0, 0.05) is 11.5 Å². The standard InChI is InChI=1S/C22H26O4S/c1-17(19-9-5-3-6-10-19)25-21(23)13-15-27-16-14-22(24)26-18(2)20-11-7-4-8-12-20/h3-12,17-18H,13-16H2,1-2H3. The maximum Gasteiger partial charge on any atom is 0.307 e. The van der Waals surface area contributed by atoms with Crippen LogP contribution in [0.5, 0.6) is 0 Å². The third kappa shape index (κ3) is 7.87. The lowest BCUT2D eigenvalue weighted by atomic mass is 10.1. The molecule has 0 amide bonds. The van der Waals surface area contributed by atoms with Gasteiger partial charge in [0.1, 0.15) is 12.2 Å². The topological polar surface area (TPSA) is 52.6 Å². The lowest BCUT2D eigenvalue weighted by molar-refractivity contribution is -0.148. The maximum atomic E-state index is 11.9. The van der Waals surface area contributed by atoms with Crippen LogP contribution in [0.4, 0.5) is 0 Å². The van der Waals surface area contributed by atoms with Crippen LogP contribution in [0.2, 0.25) is 0 Å². The zero-order chi connectivity index (χ0) is 19.5. The van der Waals surface area contributed by atoms with Gasteiger partial charge in [-0.25, -0.2) is 0 Å². The first kappa shape index (κ1) is 21.0. The third-order valence-corrected chi connectivity index (χ3v) is 5.04. The number of esters is 2. The van der Waals surface area contributed by atoms with E-state index in [-0.39, 0.29) is 24.1 Å². The minimum absolute atomic E-state index is 0.223. The van der Waals surface area contributed by atoms with E-state index < -0.39 is 0 Å². The van der Waals surface area contributed by atoms with Crippen molar-refractivity contribution >= 4 is 23.7 Å². The Hall–Kier alpha value is -2.27. The van der Waals surface area contributed by atoms with E-state index in [4.69, 9.17) is 9.47 Å². The number of benzene rings is 2. The first-order valence-electron chi connectivity index (χ1n) is 9.13. The van der Waals surface area contributed by atoms with Crippen molar-refractivity contribution in [2.24, 2.45) is 0 Å². The molecule has 0 spiro atoms. The zero-order valence-corrected chi connectivity index (χ0v) is 16.6. The molecule has 0 bridgehead atoms. The van der Waals surface area contributed by atoms with Crippen molar-refractivity contribution in [3.05, 3.63) is 71.8 Å². The van der Waals surface area contributed by atoms with Gasteiger partial charge in [0.2, 0.25) is 0 Å². The van der Waals surface area contributed by atoms with Crippen molar-refractivity contribution in [1.29, 1.82) is 0 Å². The van der Waals surface area contributed by atoms with E-state index in [1.807, 2.05) is 74.5 Å². The van der Waals surface area contributed by atoms with Gasteiger partial charge in [0.25, 0.3) is 0 Å². The molecular weight excluding hydrogens is 360 g/mol. The molecule has 2 rings (SSSR count). The Kier molecular flexibility index (Phi) is 8.92. The van der Waals surface area contributed by atoms with Gasteiger partial charge in [-0.05, 0) is 25.0 Å². The largest absolute Gasteiger partial charge is 0.458 e. The fourth-order valence-electron chi connectivity index (χ4n) is 2.51. The molecule has 0 aliphatic heterocycles. The zero-order valence-electron chi connectivity index (χ0n) is 15.8. The van der Waals surface area contributed by atoms with Crippen molar-refractivity contribution in [2.45, 2.75) is 38.9 Å². The number of ether oxygens (including phenoxy) is 2. The number of hydrogen-bond donors (Lipinski definition) is 0. The number of thioether (sulfide) groups is 1.